The predicted molar refractivity (Wildman–Crippen MR) is 62.5 cm³/mol. The van der Waals surface area contributed by atoms with Crippen molar-refractivity contribution in [3.05, 3.63) is 35.6 Å². The highest BCUT2D eigenvalue weighted by Crippen LogP contribution is 2.26. The maximum Gasteiger partial charge on any atom is 0.0578 e. The number of nitrogens with one attached hydrogen (secondary N) is 1. The molecule has 0 radical (unpaired) electrons. The molecule has 66 valence electrons. The summed E-state index contributed by atoms with van der Waals surface area (Å²) in [5, 5.41) is 3.20. The topological polar surface area (TPSA) is 12.0 Å². The van der Waals surface area contributed by atoms with Crippen LogP contribution in [0, 0.1) is 0 Å². The fourth-order valence-corrected chi connectivity index (χ4v) is 1.70. The summed E-state index contributed by atoms with van der Waals surface area (Å²) in [7, 11) is 1.96. The van der Waals surface area contributed by atoms with Crippen LogP contribution in [0.25, 0.3) is 0 Å². The quantitative estimate of drug-likeness (QED) is 0.573. The van der Waals surface area contributed by atoms with E-state index in [2.05, 4.69) is 66.1 Å². The van der Waals surface area contributed by atoms with Gasteiger partial charge in [-0.3, -0.25) is 0 Å². The van der Waals surface area contributed by atoms with Crippen LogP contribution in [0.2, 0.25) is 0 Å². The molecular formula is C10H14IN. The van der Waals surface area contributed by atoms with E-state index in [4.69, 9.17) is 0 Å². The van der Waals surface area contributed by atoms with Gasteiger partial charge in [-0.05, 0) is 25.5 Å². The maximum absolute atomic E-state index is 3.20. The number of rotatable bonds is 1. The first-order chi connectivity index (χ1) is 5.55. The Morgan fingerprint density at radius 1 is 1.50 bits per heavy atom. The summed E-state index contributed by atoms with van der Waals surface area (Å²) in [4.78, 5) is 0. The van der Waals surface area contributed by atoms with Crippen molar-refractivity contribution >= 4 is 22.6 Å². The zero-order valence-electron chi connectivity index (χ0n) is 7.69. The normalized spacial score (nSPS) is 29.0. The molecule has 0 aromatic carbocycles. The predicted octanol–water partition coefficient (Wildman–Crippen LogP) is 2.80. The second kappa shape index (κ2) is 3.64. The molecule has 1 unspecified atom stereocenters. The molecule has 0 heterocycles. The van der Waals surface area contributed by atoms with Gasteiger partial charge in [-0.2, -0.15) is 0 Å². The number of likely N-dealkylation sites (N-methyl/N-ethyl adjacent to an activating group) is 1. The van der Waals surface area contributed by atoms with E-state index in [0.717, 1.165) is 0 Å². The van der Waals surface area contributed by atoms with Gasteiger partial charge < -0.3 is 5.32 Å². The zero-order valence-corrected chi connectivity index (χ0v) is 9.84. The molecule has 1 atom stereocenters. The van der Waals surface area contributed by atoms with E-state index >= 15 is 0 Å². The first kappa shape index (κ1) is 9.84. The lowest BCUT2D eigenvalue weighted by molar-refractivity contribution is 0.953. The first-order valence-corrected chi connectivity index (χ1v) is 5.09. The van der Waals surface area contributed by atoms with E-state index in [0.29, 0.717) is 0 Å². The number of halogens is 1. The second-order valence-electron chi connectivity index (χ2n) is 3.17. The summed E-state index contributed by atoms with van der Waals surface area (Å²) in [5.41, 5.74) is 2.51. The fourth-order valence-electron chi connectivity index (χ4n) is 1.18. The van der Waals surface area contributed by atoms with E-state index in [9.17, 15) is 0 Å². The largest absolute Gasteiger partial charge is 0.388 e. The Labute approximate surface area is 87.8 Å². The van der Waals surface area contributed by atoms with E-state index < -0.39 is 0 Å². The summed E-state index contributed by atoms with van der Waals surface area (Å²) in [6.45, 7) is 4.30. The molecule has 0 amide bonds. The summed E-state index contributed by atoms with van der Waals surface area (Å²) in [6.07, 6.45) is 8.68. The minimum absolute atomic E-state index is 0.129. The lowest BCUT2D eigenvalue weighted by Crippen LogP contribution is -2.13. The molecule has 0 bridgehead atoms. The van der Waals surface area contributed by atoms with Gasteiger partial charge in [-0.1, -0.05) is 40.8 Å². The van der Waals surface area contributed by atoms with Crippen LogP contribution in [0.15, 0.2) is 35.6 Å². The molecular weight excluding hydrogens is 261 g/mol. The Morgan fingerprint density at radius 2 is 2.17 bits per heavy atom. The van der Waals surface area contributed by atoms with Crippen molar-refractivity contribution in [2.24, 2.45) is 0 Å². The second-order valence-corrected chi connectivity index (χ2v) is 5.49. The molecule has 2 heteroatoms. The van der Waals surface area contributed by atoms with Crippen molar-refractivity contribution < 1.29 is 0 Å². The van der Waals surface area contributed by atoms with Gasteiger partial charge in [0.25, 0.3) is 0 Å². The van der Waals surface area contributed by atoms with Gasteiger partial charge in [0.1, 0.15) is 0 Å². The van der Waals surface area contributed by atoms with E-state index in [1.54, 1.807) is 0 Å². The average molecular weight is 275 g/mol. The Balaban J connectivity index is 3.03. The highest BCUT2D eigenvalue weighted by Gasteiger charge is 2.15. The van der Waals surface area contributed by atoms with Crippen molar-refractivity contribution in [2.75, 3.05) is 7.05 Å². The van der Waals surface area contributed by atoms with Crippen molar-refractivity contribution in [1.82, 2.24) is 5.32 Å². The Bertz CT molecular complexity index is 259. The van der Waals surface area contributed by atoms with Crippen molar-refractivity contribution in [1.29, 1.82) is 0 Å². The summed E-state index contributed by atoms with van der Waals surface area (Å²) < 4.78 is 0.129. The number of allylic oxidation sites excluding steroid dienone is 5. The maximum atomic E-state index is 3.20. The molecule has 1 nitrogen and oxygen atoms in total. The molecule has 0 saturated carbocycles. The molecule has 0 saturated heterocycles. The zero-order chi connectivity index (χ0) is 9.19. The van der Waals surface area contributed by atoms with Gasteiger partial charge in [0.2, 0.25) is 0 Å². The van der Waals surface area contributed by atoms with Gasteiger partial charge in [0.05, 0.1) is 3.42 Å². The van der Waals surface area contributed by atoms with E-state index in [1.165, 1.54) is 11.3 Å². The Kier molecular flexibility index (Phi) is 2.99. The third-order valence-electron chi connectivity index (χ3n) is 1.89. The summed E-state index contributed by atoms with van der Waals surface area (Å²) in [6, 6.07) is 0. The van der Waals surface area contributed by atoms with Crippen LogP contribution in [0.3, 0.4) is 0 Å². The first-order valence-electron chi connectivity index (χ1n) is 4.01. The number of hydrogen-bond acceptors (Lipinski definition) is 1. The third-order valence-corrected chi connectivity index (χ3v) is 2.56. The standard InChI is InChI=1S/C10H14IN/c1-8-5-4-6-10(2,11)7-9(8)12-3/h4-7,12H,1-3H3. The van der Waals surface area contributed by atoms with E-state index in [1.807, 2.05) is 7.05 Å². The van der Waals surface area contributed by atoms with Crippen LogP contribution >= 0.6 is 22.6 Å². The van der Waals surface area contributed by atoms with Crippen LogP contribution in [-0.4, -0.2) is 10.5 Å². The molecule has 12 heavy (non-hydrogen) atoms. The smallest absolute Gasteiger partial charge is 0.0578 e. The molecule has 1 aliphatic carbocycles. The molecule has 1 N–H and O–H groups in total. The van der Waals surface area contributed by atoms with Crippen LogP contribution < -0.4 is 5.32 Å². The molecule has 0 aromatic rings. The fraction of sp³-hybridized carbons (Fsp3) is 0.400. The van der Waals surface area contributed by atoms with Gasteiger partial charge in [0.15, 0.2) is 0 Å². The molecule has 0 fully saturated rings. The van der Waals surface area contributed by atoms with E-state index in [-0.39, 0.29) is 3.42 Å². The molecule has 1 aliphatic rings. The van der Waals surface area contributed by atoms with Gasteiger partial charge in [-0.25, -0.2) is 0 Å². The Hall–Kier alpha value is -0.250. The van der Waals surface area contributed by atoms with Crippen LogP contribution in [0.4, 0.5) is 0 Å². The monoisotopic (exact) mass is 275 g/mol. The Morgan fingerprint density at radius 3 is 2.75 bits per heavy atom. The minimum Gasteiger partial charge on any atom is -0.388 e. The molecule has 0 spiro atoms. The van der Waals surface area contributed by atoms with Crippen LogP contribution in [0.5, 0.6) is 0 Å². The van der Waals surface area contributed by atoms with Crippen molar-refractivity contribution in [3.63, 3.8) is 0 Å². The summed E-state index contributed by atoms with van der Waals surface area (Å²) >= 11 is 2.43. The third kappa shape index (κ3) is 2.37. The highest BCUT2D eigenvalue weighted by molar-refractivity contribution is 14.1. The van der Waals surface area contributed by atoms with Gasteiger partial charge in [0, 0.05) is 12.7 Å². The van der Waals surface area contributed by atoms with Crippen LogP contribution in [-0.2, 0) is 0 Å². The average Bonchev–Trinajstić information content (AvgIpc) is 2.10. The SMILES string of the molecule is CNC1=CC(C)(I)C=CC=C1C. The molecule has 0 aromatic heterocycles. The number of hydrogen-bond donors (Lipinski definition) is 1. The van der Waals surface area contributed by atoms with Gasteiger partial charge in [-0.15, -0.1) is 0 Å². The lowest BCUT2D eigenvalue weighted by Gasteiger charge is -2.14. The van der Waals surface area contributed by atoms with Gasteiger partial charge >= 0.3 is 0 Å². The minimum atomic E-state index is 0.129. The van der Waals surface area contributed by atoms with Crippen molar-refractivity contribution in [3.8, 4) is 0 Å². The van der Waals surface area contributed by atoms with Crippen LogP contribution in [0.1, 0.15) is 13.8 Å². The number of alkyl halides is 1. The molecule has 1 rings (SSSR count). The summed E-state index contributed by atoms with van der Waals surface area (Å²) in [5.74, 6) is 0. The molecule has 0 aliphatic heterocycles. The van der Waals surface area contributed by atoms with Crippen molar-refractivity contribution in [2.45, 2.75) is 17.3 Å². The highest BCUT2D eigenvalue weighted by atomic mass is 127. The lowest BCUT2D eigenvalue weighted by atomic mass is 10.1.